The summed E-state index contributed by atoms with van der Waals surface area (Å²) in [6.07, 6.45) is 1.44. The molecule has 3 saturated heterocycles. The van der Waals surface area contributed by atoms with Crippen LogP contribution in [-0.2, 0) is 20.8 Å². The van der Waals surface area contributed by atoms with Crippen molar-refractivity contribution in [2.45, 2.75) is 63.8 Å². The van der Waals surface area contributed by atoms with E-state index in [4.69, 9.17) is 9.47 Å². The van der Waals surface area contributed by atoms with Gasteiger partial charge in [0.05, 0.1) is 18.2 Å². The fourth-order valence-corrected chi connectivity index (χ4v) is 4.33. The zero-order valence-electron chi connectivity index (χ0n) is 13.1. The van der Waals surface area contributed by atoms with Crippen molar-refractivity contribution in [3.63, 3.8) is 0 Å². The molecule has 3 aliphatic rings. The number of hydrogen-bond acceptors (Lipinski definition) is 4. The average molecular weight is 301 g/mol. The molecule has 0 spiro atoms. The van der Waals surface area contributed by atoms with E-state index in [0.717, 1.165) is 13.0 Å². The number of fused-ring (bicyclic) bond motifs is 1. The van der Waals surface area contributed by atoms with Gasteiger partial charge >= 0.3 is 0 Å². The number of ether oxygens (including phenoxy) is 2. The molecule has 2 bridgehead atoms. The number of Topliss-reactive ketones (excluding diaryl/α,β-unsaturated/α-hetero) is 1. The lowest BCUT2D eigenvalue weighted by molar-refractivity contribution is -0.180. The van der Waals surface area contributed by atoms with Crippen LogP contribution in [-0.4, -0.2) is 41.3 Å². The summed E-state index contributed by atoms with van der Waals surface area (Å²) in [6.45, 7) is 4.90. The van der Waals surface area contributed by atoms with Crippen LogP contribution in [0.4, 0.5) is 0 Å². The van der Waals surface area contributed by atoms with E-state index in [0.29, 0.717) is 24.2 Å². The molecule has 4 rings (SSSR count). The highest BCUT2D eigenvalue weighted by molar-refractivity contribution is 5.86. The predicted molar refractivity (Wildman–Crippen MR) is 82.2 cm³/mol. The molecule has 5 atom stereocenters. The number of carbonyl (C=O) groups excluding carboxylic acids is 1. The van der Waals surface area contributed by atoms with E-state index in [-0.39, 0.29) is 24.5 Å². The molecule has 22 heavy (non-hydrogen) atoms. The molecule has 1 aromatic carbocycles. The van der Waals surface area contributed by atoms with Gasteiger partial charge in [0.15, 0.2) is 12.1 Å². The first-order chi connectivity index (χ1) is 10.6. The molecular weight excluding hydrogens is 278 g/mol. The van der Waals surface area contributed by atoms with Gasteiger partial charge in [-0.1, -0.05) is 30.3 Å². The highest BCUT2D eigenvalue weighted by atomic mass is 16.7. The number of benzene rings is 1. The lowest BCUT2D eigenvalue weighted by Gasteiger charge is -2.36. The Hall–Kier alpha value is -1.23. The largest absolute Gasteiger partial charge is 0.350 e. The van der Waals surface area contributed by atoms with Gasteiger partial charge in [-0.2, -0.15) is 0 Å². The Kier molecular flexibility index (Phi) is 3.56. The second kappa shape index (κ2) is 5.44. The van der Waals surface area contributed by atoms with E-state index in [2.05, 4.69) is 29.2 Å². The van der Waals surface area contributed by atoms with Gasteiger partial charge in [-0.05, 0) is 25.8 Å². The van der Waals surface area contributed by atoms with Gasteiger partial charge in [-0.25, -0.2) is 0 Å². The highest BCUT2D eigenvalue weighted by Crippen LogP contribution is 2.48. The topological polar surface area (TPSA) is 38.8 Å². The van der Waals surface area contributed by atoms with Gasteiger partial charge in [-0.15, -0.1) is 0 Å². The predicted octanol–water partition coefficient (Wildman–Crippen LogP) is 2.37. The minimum Gasteiger partial charge on any atom is -0.350 e. The number of ketones is 1. The first-order valence-electron chi connectivity index (χ1n) is 8.27. The Morgan fingerprint density at radius 1 is 1.32 bits per heavy atom. The van der Waals surface area contributed by atoms with Crippen molar-refractivity contribution in [2.75, 3.05) is 0 Å². The van der Waals surface area contributed by atoms with Crippen molar-refractivity contribution in [3.05, 3.63) is 35.9 Å². The number of hydrogen-bond donors (Lipinski definition) is 0. The molecule has 118 valence electrons. The summed E-state index contributed by atoms with van der Waals surface area (Å²) in [5, 5.41) is 0. The molecule has 3 fully saturated rings. The molecular formula is C18H23NO3. The number of carbonyl (C=O) groups is 1. The minimum atomic E-state index is -0.147. The van der Waals surface area contributed by atoms with Crippen LogP contribution in [0.2, 0.25) is 0 Å². The maximum Gasteiger partial charge on any atom is 0.162 e. The Labute approximate surface area is 131 Å². The first-order valence-corrected chi connectivity index (χ1v) is 8.27. The summed E-state index contributed by atoms with van der Waals surface area (Å²) in [4.78, 5) is 14.8. The van der Waals surface area contributed by atoms with E-state index in [1.165, 1.54) is 5.56 Å². The second-order valence-electron chi connectivity index (χ2n) is 6.96. The molecule has 4 heteroatoms. The van der Waals surface area contributed by atoms with E-state index >= 15 is 0 Å². The van der Waals surface area contributed by atoms with Gasteiger partial charge in [0.2, 0.25) is 0 Å². The molecule has 0 radical (unpaired) electrons. The van der Waals surface area contributed by atoms with Crippen LogP contribution in [0.5, 0.6) is 0 Å². The van der Waals surface area contributed by atoms with Crippen molar-refractivity contribution in [1.82, 2.24) is 4.90 Å². The molecule has 0 unspecified atom stereocenters. The van der Waals surface area contributed by atoms with Crippen molar-refractivity contribution >= 4 is 5.78 Å². The molecule has 0 amide bonds. The molecule has 0 N–H and O–H groups in total. The molecule has 0 saturated carbocycles. The van der Waals surface area contributed by atoms with E-state index in [1.807, 2.05) is 19.9 Å². The third-order valence-electron chi connectivity index (χ3n) is 5.15. The quantitative estimate of drug-likeness (QED) is 0.856. The molecule has 0 aliphatic carbocycles. The van der Waals surface area contributed by atoms with Gasteiger partial charge in [0, 0.05) is 24.9 Å². The minimum absolute atomic E-state index is 0.00344. The van der Waals surface area contributed by atoms with Crippen LogP contribution in [0.25, 0.3) is 0 Å². The summed E-state index contributed by atoms with van der Waals surface area (Å²) >= 11 is 0. The average Bonchev–Trinajstić information content (AvgIpc) is 2.95. The summed E-state index contributed by atoms with van der Waals surface area (Å²) in [6, 6.07) is 10.8. The SMILES string of the molecule is CC(C)O[C@@H]1O[C@H]2CC(=O)[C@H]3C[C@@H]1[C@@H]2N3Cc1ccccc1. The van der Waals surface area contributed by atoms with Crippen LogP contribution in [0, 0.1) is 5.92 Å². The van der Waals surface area contributed by atoms with Crippen LogP contribution < -0.4 is 0 Å². The van der Waals surface area contributed by atoms with Crippen molar-refractivity contribution in [2.24, 2.45) is 5.92 Å². The van der Waals surface area contributed by atoms with Crippen molar-refractivity contribution in [3.8, 4) is 0 Å². The highest BCUT2D eigenvalue weighted by Gasteiger charge is 2.60. The van der Waals surface area contributed by atoms with Crippen molar-refractivity contribution < 1.29 is 14.3 Å². The molecule has 3 heterocycles. The Bertz CT molecular complexity index is 559. The Morgan fingerprint density at radius 2 is 2.09 bits per heavy atom. The molecule has 0 aromatic heterocycles. The van der Waals surface area contributed by atoms with E-state index < -0.39 is 0 Å². The first kappa shape index (κ1) is 14.4. The third kappa shape index (κ3) is 2.30. The number of rotatable bonds is 4. The third-order valence-corrected chi connectivity index (χ3v) is 5.15. The van der Waals surface area contributed by atoms with Crippen LogP contribution in [0.3, 0.4) is 0 Å². The lowest BCUT2D eigenvalue weighted by atomic mass is 9.96. The van der Waals surface area contributed by atoms with Gasteiger partial charge in [-0.3, -0.25) is 9.69 Å². The normalized spacial score (nSPS) is 37.2. The summed E-state index contributed by atoms with van der Waals surface area (Å²) in [5.41, 5.74) is 1.26. The maximum absolute atomic E-state index is 12.4. The molecule has 4 nitrogen and oxygen atoms in total. The Morgan fingerprint density at radius 3 is 2.82 bits per heavy atom. The standard InChI is InChI=1S/C18H23NO3/c1-11(2)21-18-13-8-14-15(20)9-16(22-18)17(13)19(14)10-12-6-4-3-5-7-12/h3-7,11,13-14,16-18H,8-10H2,1-2H3/t13-,14-,16+,17+,18-/m1/s1. The van der Waals surface area contributed by atoms with Gasteiger partial charge in [0.25, 0.3) is 0 Å². The monoisotopic (exact) mass is 301 g/mol. The second-order valence-corrected chi connectivity index (χ2v) is 6.96. The van der Waals surface area contributed by atoms with Gasteiger partial charge < -0.3 is 9.47 Å². The molecule has 3 aliphatic heterocycles. The maximum atomic E-state index is 12.4. The van der Waals surface area contributed by atoms with E-state index in [9.17, 15) is 4.79 Å². The summed E-state index contributed by atoms with van der Waals surface area (Å²) in [7, 11) is 0. The Balaban J connectivity index is 1.58. The fourth-order valence-electron chi connectivity index (χ4n) is 4.33. The zero-order chi connectivity index (χ0) is 15.3. The molecule has 1 aromatic rings. The number of piperidine rings is 1. The van der Waals surface area contributed by atoms with Crippen molar-refractivity contribution in [1.29, 1.82) is 0 Å². The van der Waals surface area contributed by atoms with E-state index in [1.54, 1.807) is 0 Å². The lowest BCUT2D eigenvalue weighted by Crippen LogP contribution is -2.51. The number of nitrogens with zero attached hydrogens (tertiary/aromatic N) is 1. The van der Waals surface area contributed by atoms with Gasteiger partial charge in [0.1, 0.15) is 0 Å². The summed E-state index contributed by atoms with van der Waals surface area (Å²) < 4.78 is 12.0. The fraction of sp³-hybridized carbons (Fsp3) is 0.611. The van der Waals surface area contributed by atoms with Crippen LogP contribution in [0.1, 0.15) is 32.3 Å². The summed E-state index contributed by atoms with van der Waals surface area (Å²) in [5.74, 6) is 0.662. The van der Waals surface area contributed by atoms with Crippen LogP contribution >= 0.6 is 0 Å². The zero-order valence-corrected chi connectivity index (χ0v) is 13.1. The smallest absolute Gasteiger partial charge is 0.162 e. The van der Waals surface area contributed by atoms with Crippen LogP contribution in [0.15, 0.2) is 30.3 Å².